The van der Waals surface area contributed by atoms with Gasteiger partial charge in [0.05, 0.1) is 6.04 Å². The molecule has 19 heavy (non-hydrogen) atoms. The number of rotatable bonds is 5. The van der Waals surface area contributed by atoms with E-state index in [1.807, 2.05) is 18.7 Å². The van der Waals surface area contributed by atoms with Gasteiger partial charge in [-0.15, -0.1) is 0 Å². The van der Waals surface area contributed by atoms with Gasteiger partial charge in [0, 0.05) is 39.1 Å². The molecule has 110 valence electrons. The summed E-state index contributed by atoms with van der Waals surface area (Å²) in [5.41, 5.74) is 5.72. The number of nitrogens with zero attached hydrogens (tertiary/aromatic N) is 2. The van der Waals surface area contributed by atoms with Gasteiger partial charge in [-0.1, -0.05) is 13.8 Å². The van der Waals surface area contributed by atoms with E-state index < -0.39 is 6.04 Å². The van der Waals surface area contributed by atoms with Gasteiger partial charge in [0.15, 0.2) is 0 Å². The first-order valence-electron chi connectivity index (χ1n) is 6.91. The largest absolute Gasteiger partial charge is 0.354 e. The van der Waals surface area contributed by atoms with Gasteiger partial charge < -0.3 is 20.9 Å². The van der Waals surface area contributed by atoms with Crippen LogP contribution in [0.3, 0.4) is 0 Å². The second kappa shape index (κ2) is 7.45. The molecule has 0 aromatic carbocycles. The minimum atomic E-state index is -0.501. The Morgan fingerprint density at radius 2 is 1.79 bits per heavy atom. The number of amides is 2. The van der Waals surface area contributed by atoms with Crippen LogP contribution in [0.15, 0.2) is 0 Å². The summed E-state index contributed by atoms with van der Waals surface area (Å²) in [7, 11) is 2.05. The summed E-state index contributed by atoms with van der Waals surface area (Å²) in [5, 5.41) is 2.72. The van der Waals surface area contributed by atoms with Crippen molar-refractivity contribution in [2.75, 3.05) is 39.8 Å². The lowest BCUT2D eigenvalue weighted by molar-refractivity contribution is -0.132. The topological polar surface area (TPSA) is 78.7 Å². The quantitative estimate of drug-likeness (QED) is 0.689. The third kappa shape index (κ3) is 5.16. The third-order valence-electron chi connectivity index (χ3n) is 3.52. The summed E-state index contributed by atoms with van der Waals surface area (Å²) in [6.07, 6.45) is 0.347. The van der Waals surface area contributed by atoms with Crippen molar-refractivity contribution in [3.05, 3.63) is 0 Å². The molecule has 2 amide bonds. The molecule has 0 bridgehead atoms. The maximum absolute atomic E-state index is 11.9. The van der Waals surface area contributed by atoms with Gasteiger partial charge in [0.1, 0.15) is 0 Å². The molecule has 0 unspecified atom stereocenters. The van der Waals surface area contributed by atoms with Crippen LogP contribution in [0, 0.1) is 5.92 Å². The summed E-state index contributed by atoms with van der Waals surface area (Å²) in [6, 6.07) is -0.501. The molecule has 1 atom stereocenters. The summed E-state index contributed by atoms with van der Waals surface area (Å²) in [5.74, 6) is 0.0287. The van der Waals surface area contributed by atoms with Gasteiger partial charge in [-0.05, 0) is 13.0 Å². The van der Waals surface area contributed by atoms with Crippen molar-refractivity contribution in [2.24, 2.45) is 11.7 Å². The molecule has 0 aliphatic carbocycles. The number of nitrogens with two attached hydrogens (primary N) is 1. The molecule has 1 aliphatic rings. The Bertz CT molecular complexity index is 312. The molecule has 0 saturated carbocycles. The van der Waals surface area contributed by atoms with Crippen LogP contribution >= 0.6 is 0 Å². The van der Waals surface area contributed by atoms with E-state index in [0.717, 1.165) is 26.2 Å². The molecule has 3 N–H and O–H groups in total. The van der Waals surface area contributed by atoms with E-state index in [0.29, 0.717) is 13.0 Å². The van der Waals surface area contributed by atoms with Gasteiger partial charge in [-0.25, -0.2) is 0 Å². The minimum absolute atomic E-state index is 0.103. The zero-order valence-electron chi connectivity index (χ0n) is 12.2. The molecule has 1 rings (SSSR count). The maximum Gasteiger partial charge on any atom is 0.237 e. The van der Waals surface area contributed by atoms with Crippen molar-refractivity contribution in [1.82, 2.24) is 15.1 Å². The number of likely N-dealkylation sites (N-methyl/N-ethyl adjacent to an activating group) is 1. The number of hydrogen-bond donors (Lipinski definition) is 2. The van der Waals surface area contributed by atoms with E-state index in [-0.39, 0.29) is 17.7 Å². The number of carbonyl (C=O) groups is 2. The Hall–Kier alpha value is -1.14. The lowest BCUT2D eigenvalue weighted by atomic mass is 10.1. The molecule has 1 fully saturated rings. The van der Waals surface area contributed by atoms with Crippen LogP contribution in [-0.2, 0) is 9.59 Å². The molecule has 0 radical (unpaired) electrons. The lowest BCUT2D eigenvalue weighted by Gasteiger charge is -2.32. The molecular weight excluding hydrogens is 244 g/mol. The number of nitrogens with one attached hydrogen (secondary N) is 1. The summed E-state index contributed by atoms with van der Waals surface area (Å²) >= 11 is 0. The Kier molecular flexibility index (Phi) is 6.24. The number of piperazine rings is 1. The van der Waals surface area contributed by atoms with Crippen LogP contribution in [0.25, 0.3) is 0 Å². The van der Waals surface area contributed by atoms with Crippen molar-refractivity contribution in [1.29, 1.82) is 0 Å². The number of hydrogen-bond acceptors (Lipinski definition) is 4. The average Bonchev–Trinajstić information content (AvgIpc) is 2.38. The molecule has 1 saturated heterocycles. The highest BCUT2D eigenvalue weighted by atomic mass is 16.2. The predicted molar refractivity (Wildman–Crippen MR) is 74.5 cm³/mol. The van der Waals surface area contributed by atoms with Crippen LogP contribution < -0.4 is 11.1 Å². The molecule has 1 heterocycles. The first-order valence-corrected chi connectivity index (χ1v) is 6.91. The van der Waals surface area contributed by atoms with Gasteiger partial charge in [-0.3, -0.25) is 9.59 Å². The molecule has 0 spiro atoms. The van der Waals surface area contributed by atoms with Crippen LogP contribution in [0.1, 0.15) is 20.3 Å². The van der Waals surface area contributed by atoms with E-state index in [2.05, 4.69) is 17.3 Å². The van der Waals surface area contributed by atoms with Crippen molar-refractivity contribution < 1.29 is 9.59 Å². The highest BCUT2D eigenvalue weighted by molar-refractivity contribution is 5.82. The predicted octanol–water partition coefficient (Wildman–Crippen LogP) is -0.750. The Balaban J connectivity index is 2.22. The molecule has 0 aromatic heterocycles. The normalized spacial score (nSPS) is 18.5. The average molecular weight is 270 g/mol. The van der Waals surface area contributed by atoms with E-state index in [4.69, 9.17) is 5.73 Å². The summed E-state index contributed by atoms with van der Waals surface area (Å²) < 4.78 is 0. The lowest BCUT2D eigenvalue weighted by Crippen LogP contribution is -2.48. The Morgan fingerprint density at radius 3 is 2.32 bits per heavy atom. The zero-order valence-corrected chi connectivity index (χ0v) is 12.2. The molecule has 6 nitrogen and oxygen atoms in total. The minimum Gasteiger partial charge on any atom is -0.354 e. The maximum atomic E-state index is 11.9. The second-order valence-electron chi connectivity index (χ2n) is 5.49. The standard InChI is InChI=1S/C13H26N4O2/c1-10(2)12(14)13(19)15-5-4-11(18)17-8-6-16(3)7-9-17/h10,12H,4-9,14H2,1-3H3,(H,15,19)/t12-/m0/s1. The smallest absolute Gasteiger partial charge is 0.237 e. The fourth-order valence-electron chi connectivity index (χ4n) is 1.93. The van der Waals surface area contributed by atoms with Crippen molar-refractivity contribution in [3.8, 4) is 0 Å². The van der Waals surface area contributed by atoms with Crippen LogP contribution in [0.4, 0.5) is 0 Å². The summed E-state index contributed by atoms with van der Waals surface area (Å²) in [4.78, 5) is 27.6. The Morgan fingerprint density at radius 1 is 1.21 bits per heavy atom. The highest BCUT2D eigenvalue weighted by Crippen LogP contribution is 2.02. The van der Waals surface area contributed by atoms with Crippen LogP contribution in [-0.4, -0.2) is 67.4 Å². The third-order valence-corrected chi connectivity index (χ3v) is 3.52. The van der Waals surface area contributed by atoms with E-state index in [9.17, 15) is 9.59 Å². The van der Waals surface area contributed by atoms with Crippen molar-refractivity contribution >= 4 is 11.8 Å². The molecular formula is C13H26N4O2. The van der Waals surface area contributed by atoms with Gasteiger partial charge >= 0.3 is 0 Å². The van der Waals surface area contributed by atoms with Crippen LogP contribution in [0.2, 0.25) is 0 Å². The van der Waals surface area contributed by atoms with Crippen molar-refractivity contribution in [3.63, 3.8) is 0 Å². The van der Waals surface area contributed by atoms with Gasteiger partial charge in [0.25, 0.3) is 0 Å². The molecule has 0 aromatic rings. The summed E-state index contributed by atoms with van der Waals surface area (Å²) in [6.45, 7) is 7.54. The zero-order chi connectivity index (χ0) is 14.4. The first-order chi connectivity index (χ1) is 8.91. The SMILES string of the molecule is CC(C)[C@H](N)C(=O)NCCC(=O)N1CCN(C)CC1. The van der Waals surface area contributed by atoms with E-state index >= 15 is 0 Å². The Labute approximate surface area is 115 Å². The first kappa shape index (κ1) is 15.9. The molecule has 6 heteroatoms. The molecule has 1 aliphatic heterocycles. The van der Waals surface area contributed by atoms with Crippen molar-refractivity contribution in [2.45, 2.75) is 26.3 Å². The monoisotopic (exact) mass is 270 g/mol. The second-order valence-corrected chi connectivity index (χ2v) is 5.49. The van der Waals surface area contributed by atoms with Crippen LogP contribution in [0.5, 0.6) is 0 Å². The highest BCUT2D eigenvalue weighted by Gasteiger charge is 2.20. The van der Waals surface area contributed by atoms with Gasteiger partial charge in [0.2, 0.25) is 11.8 Å². The fourth-order valence-corrected chi connectivity index (χ4v) is 1.93. The van der Waals surface area contributed by atoms with E-state index in [1.165, 1.54) is 0 Å². The number of carbonyl (C=O) groups excluding carboxylic acids is 2. The fraction of sp³-hybridized carbons (Fsp3) is 0.846. The van der Waals surface area contributed by atoms with E-state index in [1.54, 1.807) is 0 Å². The van der Waals surface area contributed by atoms with Gasteiger partial charge in [-0.2, -0.15) is 0 Å².